The predicted molar refractivity (Wildman–Crippen MR) is 58.7 cm³/mol. The van der Waals surface area contributed by atoms with Crippen molar-refractivity contribution in [3.8, 4) is 11.3 Å². The second-order valence-corrected chi connectivity index (χ2v) is 3.39. The monoisotopic (exact) mass is 250 g/mol. The van der Waals surface area contributed by atoms with Gasteiger partial charge in [0.25, 0.3) is 0 Å². The van der Waals surface area contributed by atoms with E-state index >= 15 is 0 Å². The van der Waals surface area contributed by atoms with Gasteiger partial charge in [-0.05, 0) is 24.3 Å². The average Bonchev–Trinajstić information content (AvgIpc) is 2.41. The number of halogens is 2. The number of methoxy groups -OCH3 is 1. The maximum absolute atomic E-state index is 13.1. The Morgan fingerprint density at radius 1 is 1.22 bits per heavy atom. The lowest BCUT2D eigenvalue weighted by Crippen LogP contribution is -2.07. The van der Waals surface area contributed by atoms with Crippen molar-refractivity contribution in [1.29, 1.82) is 0 Å². The van der Waals surface area contributed by atoms with Crippen LogP contribution in [0.5, 0.6) is 0 Å². The molecule has 0 unspecified atom stereocenters. The van der Waals surface area contributed by atoms with Crippen LogP contribution in [-0.4, -0.2) is 23.0 Å². The fourth-order valence-electron chi connectivity index (χ4n) is 1.36. The number of ether oxygens (including phenoxy) is 1. The van der Waals surface area contributed by atoms with Gasteiger partial charge in [0.05, 0.1) is 12.8 Å². The van der Waals surface area contributed by atoms with Gasteiger partial charge >= 0.3 is 5.97 Å². The normalized spacial score (nSPS) is 10.2. The quantitative estimate of drug-likeness (QED) is 0.767. The Balaban J connectivity index is 2.44. The van der Waals surface area contributed by atoms with E-state index in [1.54, 1.807) is 0 Å². The Hall–Kier alpha value is -2.37. The zero-order valence-electron chi connectivity index (χ0n) is 9.35. The topological polar surface area (TPSA) is 52.1 Å². The first-order valence-corrected chi connectivity index (χ1v) is 4.98. The molecule has 0 amide bonds. The summed E-state index contributed by atoms with van der Waals surface area (Å²) in [7, 11) is 1.20. The van der Waals surface area contributed by atoms with Gasteiger partial charge in [0.15, 0.2) is 11.6 Å². The SMILES string of the molecule is COC(=O)c1nccc(-c2ccc(F)c(F)c2)n1. The van der Waals surface area contributed by atoms with Crippen molar-refractivity contribution in [2.45, 2.75) is 0 Å². The zero-order chi connectivity index (χ0) is 13.1. The molecule has 0 saturated heterocycles. The Morgan fingerprint density at radius 2 is 2.00 bits per heavy atom. The van der Waals surface area contributed by atoms with Crippen LogP contribution in [0.15, 0.2) is 30.5 Å². The lowest BCUT2D eigenvalue weighted by molar-refractivity contribution is 0.0587. The first-order chi connectivity index (χ1) is 8.61. The van der Waals surface area contributed by atoms with Gasteiger partial charge in [0.1, 0.15) is 0 Å². The standard InChI is InChI=1S/C12H8F2N2O2/c1-18-12(17)11-15-5-4-10(16-11)7-2-3-8(13)9(14)6-7/h2-6H,1H3. The molecule has 2 rings (SSSR count). The van der Waals surface area contributed by atoms with Crippen LogP contribution >= 0.6 is 0 Å². The number of rotatable bonds is 2. The van der Waals surface area contributed by atoms with Gasteiger partial charge in [-0.25, -0.2) is 23.5 Å². The lowest BCUT2D eigenvalue weighted by Gasteiger charge is -2.03. The molecule has 1 aromatic carbocycles. The summed E-state index contributed by atoms with van der Waals surface area (Å²) in [5.74, 6) is -2.76. The van der Waals surface area contributed by atoms with Gasteiger partial charge in [-0.3, -0.25) is 0 Å². The summed E-state index contributed by atoms with van der Waals surface area (Å²) in [5, 5.41) is 0. The van der Waals surface area contributed by atoms with Gasteiger partial charge in [-0.15, -0.1) is 0 Å². The van der Waals surface area contributed by atoms with E-state index < -0.39 is 17.6 Å². The van der Waals surface area contributed by atoms with Crippen LogP contribution in [0, 0.1) is 11.6 Å². The van der Waals surface area contributed by atoms with E-state index in [0.29, 0.717) is 11.3 Å². The van der Waals surface area contributed by atoms with Crippen LogP contribution < -0.4 is 0 Å². The number of esters is 1. The molecule has 0 aliphatic rings. The number of hydrogen-bond acceptors (Lipinski definition) is 4. The van der Waals surface area contributed by atoms with Crippen LogP contribution in [0.4, 0.5) is 8.78 Å². The number of hydrogen-bond donors (Lipinski definition) is 0. The van der Waals surface area contributed by atoms with E-state index in [2.05, 4.69) is 14.7 Å². The van der Waals surface area contributed by atoms with E-state index in [0.717, 1.165) is 12.1 Å². The highest BCUT2D eigenvalue weighted by Gasteiger charge is 2.11. The molecule has 4 nitrogen and oxygen atoms in total. The molecule has 0 bridgehead atoms. The maximum atomic E-state index is 13.1. The molecule has 0 fully saturated rings. The minimum atomic E-state index is -0.981. The van der Waals surface area contributed by atoms with Crippen molar-refractivity contribution < 1.29 is 18.3 Å². The minimum absolute atomic E-state index is 0.139. The fraction of sp³-hybridized carbons (Fsp3) is 0.0833. The van der Waals surface area contributed by atoms with Gasteiger partial charge in [-0.2, -0.15) is 0 Å². The smallest absolute Gasteiger partial charge is 0.376 e. The molecule has 0 aliphatic carbocycles. The van der Waals surface area contributed by atoms with Gasteiger partial charge in [-0.1, -0.05) is 0 Å². The molecule has 92 valence electrons. The molecular weight excluding hydrogens is 242 g/mol. The van der Waals surface area contributed by atoms with Gasteiger partial charge in [0, 0.05) is 11.8 Å². The molecule has 0 atom stereocenters. The largest absolute Gasteiger partial charge is 0.463 e. The van der Waals surface area contributed by atoms with E-state index in [1.807, 2.05) is 0 Å². The summed E-state index contributed by atoms with van der Waals surface area (Å²) >= 11 is 0. The number of carbonyl (C=O) groups is 1. The fourth-order valence-corrected chi connectivity index (χ4v) is 1.36. The molecule has 0 N–H and O–H groups in total. The number of aromatic nitrogens is 2. The maximum Gasteiger partial charge on any atom is 0.376 e. The third-order valence-electron chi connectivity index (χ3n) is 2.24. The Bertz CT molecular complexity index is 602. The highest BCUT2D eigenvalue weighted by Crippen LogP contribution is 2.19. The first-order valence-electron chi connectivity index (χ1n) is 4.98. The van der Waals surface area contributed by atoms with Crippen molar-refractivity contribution >= 4 is 5.97 Å². The van der Waals surface area contributed by atoms with Crippen LogP contribution in [0.1, 0.15) is 10.6 Å². The summed E-state index contributed by atoms with van der Waals surface area (Å²) in [6, 6.07) is 4.84. The van der Waals surface area contributed by atoms with Crippen molar-refractivity contribution in [2.24, 2.45) is 0 Å². The van der Waals surface area contributed by atoms with Crippen molar-refractivity contribution in [3.05, 3.63) is 47.9 Å². The molecule has 6 heteroatoms. The first kappa shape index (κ1) is 12.1. The van der Waals surface area contributed by atoms with Crippen LogP contribution in [0.3, 0.4) is 0 Å². The molecule has 1 aromatic heterocycles. The van der Waals surface area contributed by atoms with Crippen LogP contribution in [0.25, 0.3) is 11.3 Å². The van der Waals surface area contributed by atoms with Gasteiger partial charge in [0.2, 0.25) is 5.82 Å². The number of carbonyl (C=O) groups excluding carboxylic acids is 1. The van der Waals surface area contributed by atoms with Gasteiger partial charge < -0.3 is 4.74 Å². The third-order valence-corrected chi connectivity index (χ3v) is 2.24. The van der Waals surface area contributed by atoms with E-state index in [9.17, 15) is 13.6 Å². The minimum Gasteiger partial charge on any atom is -0.463 e. The zero-order valence-corrected chi connectivity index (χ0v) is 9.35. The highest BCUT2D eigenvalue weighted by atomic mass is 19.2. The molecular formula is C12H8F2N2O2. The second-order valence-electron chi connectivity index (χ2n) is 3.39. The summed E-state index contributed by atoms with van der Waals surface area (Å²) in [4.78, 5) is 18.9. The molecule has 0 saturated carbocycles. The van der Waals surface area contributed by atoms with Crippen LogP contribution in [0.2, 0.25) is 0 Å². The predicted octanol–water partition coefficient (Wildman–Crippen LogP) is 2.21. The molecule has 1 heterocycles. The Morgan fingerprint density at radius 3 is 2.67 bits per heavy atom. The third kappa shape index (κ3) is 2.32. The van der Waals surface area contributed by atoms with Crippen LogP contribution in [-0.2, 0) is 4.74 Å². The molecule has 0 spiro atoms. The summed E-state index contributed by atoms with van der Waals surface area (Å²) in [6.45, 7) is 0. The van der Waals surface area contributed by atoms with Crippen molar-refractivity contribution in [2.75, 3.05) is 7.11 Å². The van der Waals surface area contributed by atoms with E-state index in [1.165, 1.54) is 25.4 Å². The van der Waals surface area contributed by atoms with E-state index in [-0.39, 0.29) is 5.82 Å². The highest BCUT2D eigenvalue weighted by molar-refractivity contribution is 5.85. The Kier molecular flexibility index (Phi) is 3.27. The summed E-state index contributed by atoms with van der Waals surface area (Å²) in [6.07, 6.45) is 1.34. The van der Waals surface area contributed by atoms with Crippen molar-refractivity contribution in [3.63, 3.8) is 0 Å². The summed E-state index contributed by atoms with van der Waals surface area (Å²) < 4.78 is 30.3. The molecule has 0 aliphatic heterocycles. The number of nitrogens with zero attached hydrogens (tertiary/aromatic N) is 2. The second kappa shape index (κ2) is 4.87. The molecule has 18 heavy (non-hydrogen) atoms. The number of benzene rings is 1. The lowest BCUT2D eigenvalue weighted by atomic mass is 10.1. The molecule has 0 radical (unpaired) electrons. The Labute approximate surface area is 101 Å². The average molecular weight is 250 g/mol. The summed E-state index contributed by atoms with van der Waals surface area (Å²) in [5.41, 5.74) is 0.658. The van der Waals surface area contributed by atoms with E-state index in [4.69, 9.17) is 0 Å². The van der Waals surface area contributed by atoms with Crippen molar-refractivity contribution in [1.82, 2.24) is 9.97 Å². The molecule has 2 aromatic rings.